The van der Waals surface area contributed by atoms with Crippen LogP contribution in [0.5, 0.6) is 0 Å². The molecular formula is C28H32N4O6. The van der Waals surface area contributed by atoms with E-state index >= 15 is 0 Å². The predicted octanol–water partition coefficient (Wildman–Crippen LogP) is 2.02. The van der Waals surface area contributed by atoms with Crippen LogP contribution in [0.3, 0.4) is 0 Å². The van der Waals surface area contributed by atoms with Crippen molar-refractivity contribution in [3.05, 3.63) is 88.3 Å². The molecule has 10 heteroatoms. The average molecular weight is 521 g/mol. The Hall–Kier alpha value is -4.31. The Morgan fingerprint density at radius 3 is 2.37 bits per heavy atom. The van der Waals surface area contributed by atoms with E-state index in [-0.39, 0.29) is 18.7 Å². The topological polar surface area (TPSA) is 151 Å². The third-order valence-electron chi connectivity index (χ3n) is 5.94. The molecule has 38 heavy (non-hydrogen) atoms. The maximum atomic E-state index is 13.1. The number of amides is 3. The van der Waals surface area contributed by atoms with Gasteiger partial charge in [-0.05, 0) is 50.8 Å². The minimum atomic E-state index is -1.34. The highest BCUT2D eigenvalue weighted by Crippen LogP contribution is 2.10. The number of hydrogen-bond donors (Lipinski definition) is 4. The molecule has 200 valence electrons. The second-order valence-corrected chi connectivity index (χ2v) is 9.18. The number of rotatable bonds is 12. The number of benzene rings is 2. The summed E-state index contributed by atoms with van der Waals surface area (Å²) in [5.74, 6) is -1.44. The van der Waals surface area contributed by atoms with Gasteiger partial charge in [-0.3, -0.25) is 19.2 Å². The van der Waals surface area contributed by atoms with Crippen molar-refractivity contribution >= 4 is 24.0 Å². The van der Waals surface area contributed by atoms with Gasteiger partial charge in [0, 0.05) is 18.2 Å². The van der Waals surface area contributed by atoms with Crippen LogP contribution in [0.15, 0.2) is 59.1 Å². The Labute approximate surface area is 220 Å². The van der Waals surface area contributed by atoms with Gasteiger partial charge in [0.05, 0.1) is 6.10 Å². The van der Waals surface area contributed by atoms with Crippen LogP contribution in [-0.2, 0) is 22.6 Å². The normalized spacial score (nSPS) is 13.2. The van der Waals surface area contributed by atoms with E-state index < -0.39 is 35.9 Å². The standard InChI is InChI=1S/C28H32N4O6/c1-17-7-9-21(10-8-17)15-29-26(35)23(12-11-20-5-4-6-22(14-20)16-33)30-28(37)25(19(3)34)31-27(36)24-13-18(2)38-32-24/h4-10,13-14,16,19,23,25,34H,11-12,15H2,1-3H3,(H,29,35)(H,30,37)(H,31,36). The van der Waals surface area contributed by atoms with Crippen LogP contribution in [0.25, 0.3) is 0 Å². The van der Waals surface area contributed by atoms with E-state index in [9.17, 15) is 24.3 Å². The zero-order chi connectivity index (χ0) is 27.7. The first-order chi connectivity index (χ1) is 18.2. The molecule has 3 unspecified atom stereocenters. The van der Waals surface area contributed by atoms with E-state index in [0.717, 1.165) is 23.0 Å². The number of aliphatic hydroxyl groups is 1. The number of aromatic nitrogens is 1. The van der Waals surface area contributed by atoms with Crippen molar-refractivity contribution < 1.29 is 28.8 Å². The number of aliphatic hydroxyl groups excluding tert-OH is 1. The van der Waals surface area contributed by atoms with Gasteiger partial charge in [0.2, 0.25) is 11.8 Å². The highest BCUT2D eigenvalue weighted by molar-refractivity contribution is 5.97. The molecular weight excluding hydrogens is 488 g/mol. The summed E-state index contributed by atoms with van der Waals surface area (Å²) in [6, 6.07) is 13.7. The minimum absolute atomic E-state index is 0.0385. The van der Waals surface area contributed by atoms with Crippen LogP contribution < -0.4 is 16.0 Å². The molecule has 0 saturated carbocycles. The Balaban J connectivity index is 1.73. The number of aryl methyl sites for hydroxylation is 3. The van der Waals surface area contributed by atoms with E-state index in [1.54, 1.807) is 25.1 Å². The van der Waals surface area contributed by atoms with Crippen LogP contribution >= 0.6 is 0 Å². The molecule has 1 aromatic heterocycles. The molecule has 2 aromatic carbocycles. The fraction of sp³-hybridized carbons (Fsp3) is 0.321. The van der Waals surface area contributed by atoms with Gasteiger partial charge in [0.25, 0.3) is 5.91 Å². The van der Waals surface area contributed by atoms with Crippen molar-refractivity contribution in [1.29, 1.82) is 0 Å². The van der Waals surface area contributed by atoms with Crippen molar-refractivity contribution in [1.82, 2.24) is 21.1 Å². The lowest BCUT2D eigenvalue weighted by Gasteiger charge is -2.24. The molecule has 0 aliphatic heterocycles. The van der Waals surface area contributed by atoms with Gasteiger partial charge in [0.1, 0.15) is 24.1 Å². The zero-order valence-corrected chi connectivity index (χ0v) is 21.6. The molecule has 3 aromatic rings. The van der Waals surface area contributed by atoms with Gasteiger partial charge < -0.3 is 25.6 Å². The van der Waals surface area contributed by atoms with Crippen molar-refractivity contribution in [3.8, 4) is 0 Å². The molecule has 4 N–H and O–H groups in total. The van der Waals surface area contributed by atoms with E-state index in [4.69, 9.17) is 4.52 Å². The summed E-state index contributed by atoms with van der Waals surface area (Å²) in [5, 5.41) is 21.8. The summed E-state index contributed by atoms with van der Waals surface area (Å²) in [6.07, 6.45) is 0.0988. The quantitative estimate of drug-likeness (QED) is 0.267. The maximum absolute atomic E-state index is 13.1. The lowest BCUT2D eigenvalue weighted by atomic mass is 10.0. The van der Waals surface area contributed by atoms with Crippen molar-refractivity contribution in [3.63, 3.8) is 0 Å². The maximum Gasteiger partial charge on any atom is 0.274 e. The molecule has 1 heterocycles. The number of carbonyl (C=O) groups excluding carboxylic acids is 4. The lowest BCUT2D eigenvalue weighted by molar-refractivity contribution is -0.131. The van der Waals surface area contributed by atoms with Gasteiger partial charge in [-0.25, -0.2) is 0 Å². The monoisotopic (exact) mass is 520 g/mol. The first-order valence-corrected chi connectivity index (χ1v) is 12.3. The number of nitrogens with one attached hydrogen (secondary N) is 3. The second kappa shape index (κ2) is 13.3. The molecule has 0 aliphatic carbocycles. The molecule has 0 aliphatic rings. The second-order valence-electron chi connectivity index (χ2n) is 9.18. The average Bonchev–Trinajstić information content (AvgIpc) is 3.35. The highest BCUT2D eigenvalue weighted by atomic mass is 16.5. The first kappa shape index (κ1) is 28.3. The van der Waals surface area contributed by atoms with Crippen molar-refractivity contribution in [2.45, 2.75) is 58.3 Å². The molecule has 10 nitrogen and oxygen atoms in total. The van der Waals surface area contributed by atoms with Crippen molar-refractivity contribution in [2.24, 2.45) is 0 Å². The van der Waals surface area contributed by atoms with E-state index in [1.807, 2.05) is 37.3 Å². The van der Waals surface area contributed by atoms with E-state index in [1.165, 1.54) is 13.0 Å². The zero-order valence-electron chi connectivity index (χ0n) is 21.6. The largest absolute Gasteiger partial charge is 0.391 e. The van der Waals surface area contributed by atoms with Gasteiger partial charge >= 0.3 is 0 Å². The smallest absolute Gasteiger partial charge is 0.274 e. The summed E-state index contributed by atoms with van der Waals surface area (Å²) in [5.41, 5.74) is 3.27. The molecule has 3 amide bonds. The molecule has 0 saturated heterocycles. The minimum Gasteiger partial charge on any atom is -0.391 e. The van der Waals surface area contributed by atoms with Crippen LogP contribution in [0.1, 0.15) is 56.6 Å². The summed E-state index contributed by atoms with van der Waals surface area (Å²) in [7, 11) is 0. The van der Waals surface area contributed by atoms with Gasteiger partial charge in [-0.1, -0.05) is 53.2 Å². The summed E-state index contributed by atoms with van der Waals surface area (Å²) < 4.78 is 4.90. The summed E-state index contributed by atoms with van der Waals surface area (Å²) in [4.78, 5) is 49.9. The molecule has 0 bridgehead atoms. The first-order valence-electron chi connectivity index (χ1n) is 12.3. The summed E-state index contributed by atoms with van der Waals surface area (Å²) >= 11 is 0. The molecule has 3 atom stereocenters. The van der Waals surface area contributed by atoms with E-state index in [2.05, 4.69) is 21.1 Å². The van der Waals surface area contributed by atoms with Crippen LogP contribution in [0, 0.1) is 13.8 Å². The third-order valence-corrected chi connectivity index (χ3v) is 5.94. The molecule has 0 spiro atoms. The number of carbonyl (C=O) groups is 4. The predicted molar refractivity (Wildman–Crippen MR) is 139 cm³/mol. The Kier molecular flexibility index (Phi) is 9.89. The van der Waals surface area contributed by atoms with Gasteiger partial charge in [-0.15, -0.1) is 0 Å². The number of aldehydes is 1. The molecule has 0 fully saturated rings. The van der Waals surface area contributed by atoms with Gasteiger partial charge in [-0.2, -0.15) is 0 Å². The Bertz CT molecular complexity index is 1270. The SMILES string of the molecule is Cc1ccc(CNC(=O)C(CCc2cccc(C=O)c2)NC(=O)C(NC(=O)c2cc(C)on2)C(C)O)cc1. The van der Waals surface area contributed by atoms with Crippen LogP contribution in [0.4, 0.5) is 0 Å². The molecule has 3 rings (SSSR count). The third kappa shape index (κ3) is 8.10. The Morgan fingerprint density at radius 2 is 1.74 bits per heavy atom. The van der Waals surface area contributed by atoms with E-state index in [0.29, 0.717) is 17.7 Å². The number of hydrogen-bond acceptors (Lipinski definition) is 7. The van der Waals surface area contributed by atoms with Gasteiger partial charge in [0.15, 0.2) is 5.69 Å². The Morgan fingerprint density at radius 1 is 1.00 bits per heavy atom. The highest BCUT2D eigenvalue weighted by Gasteiger charge is 2.30. The number of nitrogens with zero attached hydrogens (tertiary/aromatic N) is 1. The summed E-state index contributed by atoms with van der Waals surface area (Å²) in [6.45, 7) is 5.20. The molecule has 0 radical (unpaired) electrons. The fourth-order valence-corrected chi connectivity index (χ4v) is 3.78. The van der Waals surface area contributed by atoms with Crippen molar-refractivity contribution in [2.75, 3.05) is 0 Å². The van der Waals surface area contributed by atoms with Crippen LogP contribution in [-0.4, -0.2) is 52.5 Å². The lowest BCUT2D eigenvalue weighted by Crippen LogP contribution is -2.57. The fourth-order valence-electron chi connectivity index (χ4n) is 3.78. The van der Waals surface area contributed by atoms with Crippen LogP contribution in [0.2, 0.25) is 0 Å².